The number of hydrogen-bond donors (Lipinski definition) is 16. The monoisotopic (exact) mass is 1710 g/mol. The first-order chi connectivity index (χ1) is 54.3. The lowest BCUT2D eigenvalue weighted by molar-refractivity contribution is -0.161. The zero-order chi connectivity index (χ0) is 86.6. The highest BCUT2D eigenvalue weighted by Crippen LogP contribution is 2.30. The summed E-state index contributed by atoms with van der Waals surface area (Å²) >= 11 is 3.40. The Balaban J connectivity index is 1.35. The lowest BCUT2D eigenvalue weighted by Crippen LogP contribution is -2.64. The Labute approximate surface area is 679 Å². The number of esters is 1. The first-order valence-electron chi connectivity index (χ1n) is 38.1. The van der Waals surface area contributed by atoms with Crippen LogP contribution in [0.25, 0.3) is 10.9 Å². The van der Waals surface area contributed by atoms with Crippen LogP contribution in [-0.2, 0) is 104 Å². The number of aliphatic imine (C=N–C) groups is 1. The Bertz CT molecular complexity index is 4280. The second-order valence-electron chi connectivity index (χ2n) is 31.3. The number of carboxylic acids is 1. The van der Waals surface area contributed by atoms with Gasteiger partial charge in [0.15, 0.2) is 5.96 Å². The number of aromatic nitrogens is 1. The van der Waals surface area contributed by atoms with E-state index in [0.29, 0.717) is 39.8 Å². The van der Waals surface area contributed by atoms with Gasteiger partial charge in [0.05, 0.1) is 6.42 Å². The van der Waals surface area contributed by atoms with Crippen LogP contribution >= 0.6 is 15.9 Å². The van der Waals surface area contributed by atoms with Crippen molar-refractivity contribution >= 4 is 138 Å². The second kappa shape index (κ2) is 41.6. The molecule has 0 saturated carbocycles. The van der Waals surface area contributed by atoms with Gasteiger partial charge in [0, 0.05) is 67.5 Å². The third-order valence-corrected chi connectivity index (χ3v) is 21.9. The molecule has 3 fully saturated rings. The van der Waals surface area contributed by atoms with E-state index >= 15 is 24.0 Å². The second-order valence-corrected chi connectivity index (χ2v) is 33.7. The number of halogens is 1. The van der Waals surface area contributed by atoms with Gasteiger partial charge in [-0.25, -0.2) is 4.79 Å². The minimum absolute atomic E-state index is 0.00792. The number of cyclic esters (lactones) is 1. The van der Waals surface area contributed by atoms with Crippen LogP contribution < -0.4 is 70.4 Å². The quantitative estimate of drug-likeness (QED) is 0.00741. The molecule has 3 saturated heterocycles. The standard InChI is InChI=1S/C75H109BrN18O21S/c1-12-75(9,10)59(91-67(106)58(74(6,7)8)90-66(105)53-22-16-30-93(53)69(108)48(85-60(99)39(4)82-37-95)32-41-23-25-43(76)26-24-41)68(107)84-47(33-42-35-81-45-19-14-13-18-44(42)45)62(101)83-46(20-15-29-80-73(78)79)61(100)87-50(36-116(112,113)114)63(102)89-57-40(5)115-72(111)49(34-55(97)98)86-65(104)52-21-17-31-94(52)71(110)56(38(2)3)88-64(103)51(27-28-54(77)96)92(11)70(57)109/h13-14,18-19,23-26,35,37-40,46-53,56-59,81H,12,15-17,20-22,27-34,36H2,1-11H3,(H2,77,96)(H,82,95)(H,83,101)(H,84,107)(H,85,99)(H,86,104)(H,87,100)(H,88,103)(H,89,102)(H,90,105)(H,91,106)(H,97,98)(H4,78,79,80)(H,112,113,114). The summed E-state index contributed by atoms with van der Waals surface area (Å²) in [5.74, 6) is -19.2. The van der Waals surface area contributed by atoms with Crippen molar-refractivity contribution in [1.29, 1.82) is 0 Å². The molecule has 116 heavy (non-hydrogen) atoms. The molecule has 0 aliphatic carbocycles. The van der Waals surface area contributed by atoms with Gasteiger partial charge in [-0.15, -0.1) is 0 Å². The van der Waals surface area contributed by atoms with E-state index in [4.69, 9.17) is 21.9 Å². The molecule has 0 spiro atoms. The van der Waals surface area contributed by atoms with E-state index < -0.39 is 238 Å². The summed E-state index contributed by atoms with van der Waals surface area (Å²) in [5, 5.41) is 35.9. The molecular formula is C75H109BrN18O21S. The third-order valence-electron chi connectivity index (χ3n) is 20.7. The molecule has 2 aromatic carbocycles. The van der Waals surface area contributed by atoms with Gasteiger partial charge in [-0.3, -0.25) is 81.5 Å². The maximum Gasteiger partial charge on any atom is 0.329 e. The number of amides is 14. The summed E-state index contributed by atoms with van der Waals surface area (Å²) < 4.78 is 42.9. The van der Waals surface area contributed by atoms with Crippen LogP contribution in [0.15, 0.2) is 64.2 Å². The van der Waals surface area contributed by atoms with E-state index in [9.17, 15) is 70.8 Å². The number of guanidine groups is 1. The van der Waals surface area contributed by atoms with Crippen LogP contribution in [-0.4, -0.2) is 256 Å². The highest BCUT2D eigenvalue weighted by atomic mass is 79.9. The van der Waals surface area contributed by atoms with Crippen LogP contribution in [0.4, 0.5) is 0 Å². The molecule has 14 atom stereocenters. The van der Waals surface area contributed by atoms with Gasteiger partial charge in [0.2, 0.25) is 83.2 Å². The number of likely N-dealkylation sites (tertiary alicyclic amines) is 1. The number of ether oxygens (including phenoxy) is 1. The highest BCUT2D eigenvalue weighted by Gasteiger charge is 2.48. The maximum absolute atomic E-state index is 15.4. The summed E-state index contributed by atoms with van der Waals surface area (Å²) in [6.45, 7) is 15.4. The first kappa shape index (κ1) is 94.0. The van der Waals surface area contributed by atoms with Crippen molar-refractivity contribution in [2.45, 2.75) is 231 Å². The zero-order valence-corrected chi connectivity index (χ0v) is 69.1. The fourth-order valence-electron chi connectivity index (χ4n) is 13.7. The van der Waals surface area contributed by atoms with Gasteiger partial charge < -0.3 is 99.9 Å². The summed E-state index contributed by atoms with van der Waals surface area (Å²) in [4.78, 5) is 237. The number of nitrogens with zero attached hydrogens (tertiary/aromatic N) is 4. The van der Waals surface area contributed by atoms with Crippen molar-refractivity contribution in [3.05, 3.63) is 70.3 Å². The van der Waals surface area contributed by atoms with Crippen LogP contribution in [0.2, 0.25) is 0 Å². The minimum atomic E-state index is -5.41. The molecule has 3 aromatic rings. The Morgan fingerprint density at radius 3 is 1.98 bits per heavy atom. The molecular weight excluding hydrogens is 1600 g/mol. The van der Waals surface area contributed by atoms with Crippen LogP contribution in [0.1, 0.15) is 145 Å². The summed E-state index contributed by atoms with van der Waals surface area (Å²) in [5.41, 5.74) is 16.2. The van der Waals surface area contributed by atoms with Gasteiger partial charge in [-0.05, 0) is 111 Å². The highest BCUT2D eigenvalue weighted by molar-refractivity contribution is 9.10. The number of H-pyrrole nitrogens is 1. The molecule has 41 heteroatoms. The largest absolute Gasteiger partial charge is 0.481 e. The number of benzene rings is 2. The van der Waals surface area contributed by atoms with Crippen LogP contribution in [0, 0.1) is 16.7 Å². The molecule has 19 N–H and O–H groups in total. The maximum atomic E-state index is 15.4. The van der Waals surface area contributed by atoms with E-state index in [1.54, 1.807) is 110 Å². The number of fused-ring (bicyclic) bond motifs is 2. The molecule has 0 radical (unpaired) electrons. The molecule has 4 heterocycles. The number of carbonyl (C=O) groups excluding carboxylic acids is 15. The number of hydrogen-bond acceptors (Lipinski definition) is 20. The number of nitrogens with two attached hydrogens (primary N) is 3. The summed E-state index contributed by atoms with van der Waals surface area (Å²) in [6, 6.07) is -7.48. The van der Waals surface area contributed by atoms with E-state index in [1.165, 1.54) is 11.8 Å². The van der Waals surface area contributed by atoms with Gasteiger partial charge in [-0.2, -0.15) is 8.42 Å². The SMILES string of the molecule is CCC(C)(C)C(NC(=O)C(NC(=O)C1CCCN1C(=O)C(Cc1ccc(Br)cc1)NC(=O)C(C)NC=O)C(C)(C)C)C(=O)NC(Cc1c[nH]c2ccccc12)C(=O)NC(CCCN=C(N)N)C(=O)NC(CS(=O)(=O)O)C(=O)NC1C(=O)N(C)C(CCC(N)=O)C(=O)NC(C(C)C)C(=O)N2CCCC2C(=O)NC(CC(=O)O)C(=O)OC1C. The molecule has 0 bridgehead atoms. The normalized spacial score (nSPS) is 21.0. The molecule has 14 amide bonds. The minimum Gasteiger partial charge on any atom is -0.481 e. The summed E-state index contributed by atoms with van der Waals surface area (Å²) in [6.07, 6.45) is -2.40. The number of rotatable bonds is 35. The zero-order valence-electron chi connectivity index (χ0n) is 66.7. The van der Waals surface area contributed by atoms with Gasteiger partial charge >= 0.3 is 11.9 Å². The topological polar surface area (TPSA) is 593 Å². The fourth-order valence-corrected chi connectivity index (χ4v) is 14.6. The van der Waals surface area contributed by atoms with Gasteiger partial charge in [0.25, 0.3) is 10.1 Å². The fraction of sp³-hybridized carbons (Fsp3) is 0.587. The van der Waals surface area contributed by atoms with Gasteiger partial charge in [0.1, 0.15) is 90.4 Å². The Hall–Kier alpha value is -10.8. The molecule has 638 valence electrons. The van der Waals surface area contributed by atoms with E-state index in [-0.39, 0.29) is 64.6 Å². The number of likely N-dealkylation sites (N-methyl/N-ethyl adjacent to an activating group) is 1. The number of aliphatic carboxylic acids is 1. The first-order valence-corrected chi connectivity index (χ1v) is 40.5. The number of aromatic amines is 1. The molecule has 3 aliphatic rings. The lowest BCUT2D eigenvalue weighted by atomic mass is 9.80. The predicted molar refractivity (Wildman–Crippen MR) is 423 cm³/mol. The molecule has 6 rings (SSSR count). The van der Waals surface area contributed by atoms with Crippen molar-refractivity contribution in [3.63, 3.8) is 0 Å². The number of carbonyl (C=O) groups is 16. The predicted octanol–water partition coefficient (Wildman–Crippen LogP) is -2.21. The van der Waals surface area contributed by atoms with Crippen molar-refractivity contribution in [2.24, 2.45) is 38.9 Å². The molecule has 39 nitrogen and oxygen atoms in total. The van der Waals surface area contributed by atoms with E-state index in [0.717, 1.165) is 23.3 Å². The molecule has 14 unspecified atom stereocenters. The number of para-hydroxylation sites is 1. The average molecular weight is 1710 g/mol. The van der Waals surface area contributed by atoms with E-state index in [2.05, 4.69) is 79.1 Å². The summed E-state index contributed by atoms with van der Waals surface area (Å²) in [7, 11) is -4.40. The number of primary amides is 1. The van der Waals surface area contributed by atoms with Crippen molar-refractivity contribution in [1.82, 2.24) is 72.9 Å². The smallest absolute Gasteiger partial charge is 0.329 e. The number of nitrogens with one attached hydrogen (secondary N) is 11. The van der Waals surface area contributed by atoms with Crippen molar-refractivity contribution in [2.75, 3.05) is 32.4 Å². The van der Waals surface area contributed by atoms with Crippen molar-refractivity contribution < 1.29 is 99.5 Å². The van der Waals surface area contributed by atoms with Crippen molar-refractivity contribution in [3.8, 4) is 0 Å². The Morgan fingerprint density at radius 2 is 1.37 bits per heavy atom. The van der Waals surface area contributed by atoms with Crippen LogP contribution in [0.5, 0.6) is 0 Å². The third kappa shape index (κ3) is 26.3. The number of carboxylic acid groups (broad SMARTS) is 1. The molecule has 1 aromatic heterocycles. The van der Waals surface area contributed by atoms with E-state index in [1.807, 2.05) is 0 Å². The lowest BCUT2D eigenvalue weighted by Gasteiger charge is -2.38. The Morgan fingerprint density at radius 1 is 0.750 bits per heavy atom. The molecule has 3 aliphatic heterocycles. The average Bonchev–Trinajstić information content (AvgIpc) is 1.64. The van der Waals surface area contributed by atoms with Crippen LogP contribution in [0.3, 0.4) is 0 Å². The Kier molecular flexibility index (Phi) is 33.7. The van der Waals surface area contributed by atoms with Gasteiger partial charge in [-0.1, -0.05) is 102 Å².